The molecule has 128 valence electrons. The van der Waals surface area contributed by atoms with E-state index < -0.39 is 12.2 Å². The molecule has 2 rings (SSSR count). The second kappa shape index (κ2) is 7.65. The van der Waals surface area contributed by atoms with Crippen LogP contribution in [0.15, 0.2) is 0 Å². The molecule has 1 aromatic rings. The molecule has 2 amide bonds. The number of hydrogen-bond acceptors (Lipinski definition) is 4. The number of rotatable bonds is 5. The van der Waals surface area contributed by atoms with Gasteiger partial charge in [0.2, 0.25) is 0 Å². The Bertz CT molecular complexity index is 577. The number of methoxy groups -OCH3 is 1. The second-order valence-corrected chi connectivity index (χ2v) is 5.83. The molecule has 0 spiro atoms. The Morgan fingerprint density at radius 3 is 2.91 bits per heavy atom. The lowest BCUT2D eigenvalue weighted by Gasteiger charge is -2.36. The SMILES string of the molecule is CCCc1[nH]c(C(=O)N[C@@H]2CCN(C(=O)O)C[C@@H]2OC)nc1Cl. The number of hydrogen-bond donors (Lipinski definition) is 3. The zero-order chi connectivity index (χ0) is 17.0. The fraction of sp³-hybridized carbons (Fsp3) is 0.643. The Morgan fingerprint density at radius 1 is 1.57 bits per heavy atom. The van der Waals surface area contributed by atoms with E-state index in [2.05, 4.69) is 15.3 Å². The lowest BCUT2D eigenvalue weighted by Crippen LogP contribution is -2.55. The van der Waals surface area contributed by atoms with Crippen LogP contribution in [-0.2, 0) is 11.2 Å². The molecule has 1 aliphatic heterocycles. The van der Waals surface area contributed by atoms with Crippen molar-refractivity contribution in [2.75, 3.05) is 20.2 Å². The summed E-state index contributed by atoms with van der Waals surface area (Å²) in [5.41, 5.74) is 0.739. The minimum absolute atomic E-state index is 0.161. The third-order valence-corrected chi connectivity index (χ3v) is 4.20. The summed E-state index contributed by atoms with van der Waals surface area (Å²) >= 11 is 6.00. The molecule has 3 N–H and O–H groups in total. The number of likely N-dealkylation sites (tertiary alicyclic amines) is 1. The van der Waals surface area contributed by atoms with Gasteiger partial charge in [-0.15, -0.1) is 0 Å². The first-order chi connectivity index (χ1) is 11.0. The van der Waals surface area contributed by atoms with Gasteiger partial charge >= 0.3 is 6.09 Å². The average Bonchev–Trinajstić information content (AvgIpc) is 2.89. The molecule has 0 aromatic carbocycles. The number of aryl methyl sites for hydroxylation is 1. The summed E-state index contributed by atoms with van der Waals surface area (Å²) in [7, 11) is 1.50. The molecule has 0 saturated carbocycles. The second-order valence-electron chi connectivity index (χ2n) is 5.48. The monoisotopic (exact) mass is 344 g/mol. The molecule has 0 radical (unpaired) electrons. The van der Waals surface area contributed by atoms with E-state index >= 15 is 0 Å². The maximum Gasteiger partial charge on any atom is 0.407 e. The van der Waals surface area contributed by atoms with Crippen molar-refractivity contribution in [2.24, 2.45) is 0 Å². The van der Waals surface area contributed by atoms with Gasteiger partial charge in [-0.2, -0.15) is 0 Å². The maximum absolute atomic E-state index is 12.3. The van der Waals surface area contributed by atoms with Crippen LogP contribution in [0.3, 0.4) is 0 Å². The fourth-order valence-electron chi connectivity index (χ4n) is 2.64. The highest BCUT2D eigenvalue weighted by atomic mass is 35.5. The Morgan fingerprint density at radius 2 is 2.30 bits per heavy atom. The summed E-state index contributed by atoms with van der Waals surface area (Å²) < 4.78 is 5.31. The highest BCUT2D eigenvalue weighted by Gasteiger charge is 2.33. The number of aromatic amines is 1. The predicted octanol–water partition coefficient (Wildman–Crippen LogP) is 1.51. The van der Waals surface area contributed by atoms with Crippen LogP contribution in [-0.4, -0.2) is 64.3 Å². The van der Waals surface area contributed by atoms with Crippen molar-refractivity contribution in [3.63, 3.8) is 0 Å². The van der Waals surface area contributed by atoms with E-state index in [1.807, 2.05) is 6.92 Å². The van der Waals surface area contributed by atoms with E-state index in [0.29, 0.717) is 18.1 Å². The maximum atomic E-state index is 12.3. The average molecular weight is 345 g/mol. The van der Waals surface area contributed by atoms with Crippen molar-refractivity contribution in [3.05, 3.63) is 16.7 Å². The Kier molecular flexibility index (Phi) is 5.84. The van der Waals surface area contributed by atoms with Crippen molar-refractivity contribution in [1.82, 2.24) is 20.2 Å². The summed E-state index contributed by atoms with van der Waals surface area (Å²) in [4.78, 5) is 31.6. The number of aromatic nitrogens is 2. The minimum Gasteiger partial charge on any atom is -0.465 e. The number of H-pyrrole nitrogens is 1. The van der Waals surface area contributed by atoms with Crippen LogP contribution in [0.5, 0.6) is 0 Å². The first-order valence-corrected chi connectivity index (χ1v) is 7.90. The lowest BCUT2D eigenvalue weighted by atomic mass is 10.0. The molecule has 1 fully saturated rings. The van der Waals surface area contributed by atoms with Gasteiger partial charge in [-0.25, -0.2) is 9.78 Å². The van der Waals surface area contributed by atoms with Crippen molar-refractivity contribution in [2.45, 2.75) is 38.3 Å². The number of nitrogens with zero attached hydrogens (tertiary/aromatic N) is 2. The van der Waals surface area contributed by atoms with Gasteiger partial charge in [0.1, 0.15) is 0 Å². The molecular weight excluding hydrogens is 324 g/mol. The smallest absolute Gasteiger partial charge is 0.407 e. The van der Waals surface area contributed by atoms with Gasteiger partial charge < -0.3 is 25.0 Å². The fourth-order valence-corrected chi connectivity index (χ4v) is 2.87. The van der Waals surface area contributed by atoms with E-state index in [4.69, 9.17) is 21.4 Å². The molecule has 1 aromatic heterocycles. The first-order valence-electron chi connectivity index (χ1n) is 7.52. The highest BCUT2D eigenvalue weighted by Crippen LogP contribution is 2.17. The molecule has 0 unspecified atom stereocenters. The van der Waals surface area contributed by atoms with Crippen LogP contribution >= 0.6 is 11.6 Å². The number of piperidine rings is 1. The van der Waals surface area contributed by atoms with Gasteiger partial charge in [0.05, 0.1) is 24.4 Å². The number of carboxylic acid groups (broad SMARTS) is 1. The Hall–Kier alpha value is -1.80. The Balaban J connectivity index is 2.01. The van der Waals surface area contributed by atoms with Crippen molar-refractivity contribution < 1.29 is 19.4 Å². The molecule has 23 heavy (non-hydrogen) atoms. The zero-order valence-electron chi connectivity index (χ0n) is 13.1. The molecular formula is C14H21ClN4O4. The van der Waals surface area contributed by atoms with E-state index in [1.165, 1.54) is 12.0 Å². The molecule has 9 heteroatoms. The topological polar surface area (TPSA) is 108 Å². The summed E-state index contributed by atoms with van der Waals surface area (Å²) in [6, 6.07) is -0.276. The standard InChI is InChI=1S/C14H21ClN4O4/c1-3-4-9-11(15)18-12(16-9)13(20)17-8-5-6-19(14(21)22)7-10(8)23-2/h8,10H,3-7H2,1-2H3,(H,16,18)(H,17,20)(H,21,22)/t8-,10+/m1/s1. The zero-order valence-corrected chi connectivity index (χ0v) is 13.9. The van der Waals surface area contributed by atoms with Gasteiger partial charge in [0.15, 0.2) is 11.0 Å². The molecule has 2 heterocycles. The van der Waals surface area contributed by atoms with Gasteiger partial charge in [-0.3, -0.25) is 4.79 Å². The molecule has 1 saturated heterocycles. The van der Waals surface area contributed by atoms with E-state index in [1.54, 1.807) is 0 Å². The van der Waals surface area contributed by atoms with Crippen LogP contribution in [0.2, 0.25) is 5.15 Å². The van der Waals surface area contributed by atoms with Crippen LogP contribution in [0.4, 0.5) is 4.79 Å². The minimum atomic E-state index is -0.987. The normalized spacial score (nSPS) is 21.3. The quantitative estimate of drug-likeness (QED) is 0.750. The van der Waals surface area contributed by atoms with Crippen LogP contribution in [0.25, 0.3) is 0 Å². The van der Waals surface area contributed by atoms with E-state index in [-0.39, 0.29) is 24.3 Å². The number of carbonyl (C=O) groups is 2. The number of carbonyl (C=O) groups excluding carboxylic acids is 1. The largest absolute Gasteiger partial charge is 0.465 e. The number of ether oxygens (including phenoxy) is 1. The third kappa shape index (κ3) is 4.14. The molecule has 2 atom stereocenters. The summed E-state index contributed by atoms with van der Waals surface area (Å²) in [6.45, 7) is 2.58. The molecule has 1 aliphatic rings. The molecule has 0 bridgehead atoms. The highest BCUT2D eigenvalue weighted by molar-refractivity contribution is 6.30. The summed E-state index contributed by atoms with van der Waals surface area (Å²) in [5.74, 6) is -0.209. The van der Waals surface area contributed by atoms with Crippen molar-refractivity contribution in [1.29, 1.82) is 0 Å². The number of halogens is 1. The predicted molar refractivity (Wildman–Crippen MR) is 83.9 cm³/mol. The van der Waals surface area contributed by atoms with Gasteiger partial charge in [-0.05, 0) is 12.8 Å². The summed E-state index contributed by atoms with van der Waals surface area (Å²) in [5, 5.41) is 12.2. The van der Waals surface area contributed by atoms with E-state index in [0.717, 1.165) is 18.5 Å². The lowest BCUT2D eigenvalue weighted by molar-refractivity contribution is 0.0100. The molecule has 8 nitrogen and oxygen atoms in total. The number of nitrogens with one attached hydrogen (secondary N) is 2. The Labute approximate surface area is 139 Å². The van der Waals surface area contributed by atoms with Crippen LogP contribution in [0.1, 0.15) is 36.1 Å². The first kappa shape index (κ1) is 17.6. The number of imidazole rings is 1. The van der Waals surface area contributed by atoms with Gasteiger partial charge in [-0.1, -0.05) is 24.9 Å². The van der Waals surface area contributed by atoms with Crippen LogP contribution in [0, 0.1) is 0 Å². The third-order valence-electron chi connectivity index (χ3n) is 3.89. The van der Waals surface area contributed by atoms with Gasteiger partial charge in [0.25, 0.3) is 5.91 Å². The van der Waals surface area contributed by atoms with Crippen LogP contribution < -0.4 is 5.32 Å². The summed E-state index contributed by atoms with van der Waals surface area (Å²) in [6.07, 6.45) is 0.703. The van der Waals surface area contributed by atoms with Crippen molar-refractivity contribution in [3.8, 4) is 0 Å². The number of amides is 2. The van der Waals surface area contributed by atoms with Gasteiger partial charge in [0, 0.05) is 13.7 Å². The molecule has 0 aliphatic carbocycles. The van der Waals surface area contributed by atoms with E-state index in [9.17, 15) is 9.59 Å². The van der Waals surface area contributed by atoms with Crippen molar-refractivity contribution >= 4 is 23.6 Å².